The number of H-pyrrole nitrogens is 3. The number of aromatic nitrogens is 4. The maximum absolute atomic E-state index is 13.3. The quantitative estimate of drug-likeness (QED) is 0.0267. The van der Waals surface area contributed by atoms with E-state index in [1.807, 2.05) is 136 Å². The van der Waals surface area contributed by atoms with Crippen LogP contribution in [0.5, 0.6) is 11.5 Å². The molecule has 0 saturated heterocycles. The second-order valence-corrected chi connectivity index (χ2v) is 25.0. The van der Waals surface area contributed by atoms with Crippen LogP contribution in [-0.4, -0.2) is 102 Å². The zero-order valence-electron chi connectivity index (χ0n) is 48.2. The van der Waals surface area contributed by atoms with Crippen LogP contribution in [0, 0.1) is 39.0 Å². The van der Waals surface area contributed by atoms with E-state index in [-0.39, 0.29) is 0 Å². The maximum Gasteiger partial charge on any atom is 0.500 e. The van der Waals surface area contributed by atoms with Gasteiger partial charge >= 0.3 is 29.8 Å². The van der Waals surface area contributed by atoms with Crippen LogP contribution in [-0.2, 0) is 26.6 Å². The molecule has 81 heavy (non-hydrogen) atoms. The molecule has 0 unspecified atom stereocenters. The number of nitriles is 1. The predicted octanol–water partition coefficient (Wildman–Crippen LogP) is 13.9. The summed E-state index contributed by atoms with van der Waals surface area (Å²) < 4.78 is 47.7. The summed E-state index contributed by atoms with van der Waals surface area (Å²) >= 11 is 0. The fraction of sp³-hybridized carbons (Fsp3) is 0.355. The third-order valence-corrected chi connectivity index (χ3v) is 20.2. The fourth-order valence-electron chi connectivity index (χ4n) is 10.7. The van der Waals surface area contributed by atoms with E-state index in [0.29, 0.717) is 94.7 Å². The third-order valence-electron chi connectivity index (χ3n) is 13.9. The monoisotopic (exact) mass is 1130 g/mol. The molecule has 8 bridgehead atoms. The highest BCUT2D eigenvalue weighted by Gasteiger charge is 2.40. The Kier molecular flexibility index (Phi) is 20.2. The molecule has 19 heteroatoms. The Hall–Kier alpha value is -7.39. The number of amides is 2. The first kappa shape index (κ1) is 59.7. The zero-order valence-corrected chi connectivity index (χ0v) is 50.2. The average molecular weight is 1130 g/mol. The van der Waals surface area contributed by atoms with Crippen molar-refractivity contribution >= 4 is 75.0 Å². The lowest BCUT2D eigenvalue weighted by Crippen LogP contribution is -2.46. The van der Waals surface area contributed by atoms with Crippen molar-refractivity contribution in [3.63, 3.8) is 0 Å². The van der Waals surface area contributed by atoms with Crippen LogP contribution in [0.25, 0.3) is 78.6 Å². The molecule has 0 aliphatic carbocycles. The van der Waals surface area contributed by atoms with Crippen LogP contribution < -0.4 is 20.1 Å². The van der Waals surface area contributed by atoms with Crippen LogP contribution in [0.1, 0.15) is 93.6 Å². The number of benzene rings is 3. The van der Waals surface area contributed by atoms with Gasteiger partial charge in [0, 0.05) is 109 Å². The van der Waals surface area contributed by atoms with E-state index in [4.69, 9.17) is 41.0 Å². The number of nitrogens with one attached hydrogen (secondary N) is 5. The number of nitrogens with zero attached hydrogens (tertiary/aromatic N) is 2. The Morgan fingerprint density at radius 1 is 0.481 bits per heavy atom. The molecule has 5 heterocycles. The Bertz CT molecular complexity index is 3480. The van der Waals surface area contributed by atoms with Crippen molar-refractivity contribution in [3.8, 4) is 50.9 Å². The van der Waals surface area contributed by atoms with Gasteiger partial charge < -0.3 is 61.6 Å². The van der Waals surface area contributed by atoms with Crippen LogP contribution >= 0.6 is 0 Å². The van der Waals surface area contributed by atoms with Crippen molar-refractivity contribution in [2.45, 2.75) is 94.2 Å². The van der Waals surface area contributed by atoms with Crippen molar-refractivity contribution in [1.29, 1.82) is 5.26 Å². The highest BCUT2D eigenvalue weighted by atomic mass is 28.4. The fourth-order valence-corrected chi connectivity index (χ4v) is 16.0. The van der Waals surface area contributed by atoms with Gasteiger partial charge in [-0.2, -0.15) is 5.26 Å². The predicted molar refractivity (Wildman–Crippen MR) is 323 cm³/mol. The van der Waals surface area contributed by atoms with Gasteiger partial charge in [-0.1, -0.05) is 12.1 Å². The minimum Gasteiger partial charge on any atom is -0.410 e. The average Bonchev–Trinajstić information content (AvgIpc) is 4.41. The van der Waals surface area contributed by atoms with Crippen LogP contribution in [0.15, 0.2) is 84.9 Å². The summed E-state index contributed by atoms with van der Waals surface area (Å²) in [5, 5.41) is 15.6. The van der Waals surface area contributed by atoms with Crippen molar-refractivity contribution < 1.29 is 45.6 Å². The molecule has 17 nitrogen and oxygen atoms in total. The Labute approximate surface area is 476 Å². The number of carbonyl (C=O) groups excluding carboxylic acids is 2. The molecule has 1 aliphatic heterocycles. The minimum absolute atomic E-state index is 0.358. The zero-order chi connectivity index (χ0) is 57.7. The van der Waals surface area contributed by atoms with Gasteiger partial charge in [0.1, 0.15) is 11.5 Å². The largest absolute Gasteiger partial charge is 0.500 e. The molecule has 5 N–H and O–H groups in total. The molecule has 426 valence electrons. The smallest absolute Gasteiger partial charge is 0.410 e. The molecule has 0 radical (unpaired) electrons. The van der Waals surface area contributed by atoms with Gasteiger partial charge in [-0.05, 0) is 206 Å². The van der Waals surface area contributed by atoms with Gasteiger partial charge in [0.25, 0.3) is 0 Å². The second kappa shape index (κ2) is 27.4. The molecule has 2 amide bonds. The minimum atomic E-state index is -2.86. The Morgan fingerprint density at radius 3 is 1.25 bits per heavy atom. The van der Waals surface area contributed by atoms with E-state index in [2.05, 4.69) is 62.0 Å². The summed E-state index contributed by atoms with van der Waals surface area (Å²) in [5.41, 5.74) is 15.9. The number of aromatic amines is 3. The third kappa shape index (κ3) is 14.0. The summed E-state index contributed by atoms with van der Waals surface area (Å²) in [7, 11) is -5.72. The highest BCUT2D eigenvalue weighted by molar-refractivity contribution is 6.61. The molecule has 7 aromatic rings. The van der Waals surface area contributed by atoms with Crippen molar-refractivity contribution in [2.75, 3.05) is 52.7 Å². The lowest BCUT2D eigenvalue weighted by Gasteiger charge is -2.28. The number of rotatable bonds is 25. The molecule has 1 aliphatic rings. The van der Waals surface area contributed by atoms with E-state index in [9.17, 15) is 14.9 Å². The second-order valence-electron chi connectivity index (χ2n) is 19.6. The number of ether oxygens (including phenoxy) is 2. The van der Waals surface area contributed by atoms with Gasteiger partial charge in [-0.25, -0.2) is 14.6 Å². The van der Waals surface area contributed by atoms with Crippen LogP contribution in [0.2, 0.25) is 12.1 Å². The van der Waals surface area contributed by atoms with Crippen molar-refractivity contribution in [1.82, 2.24) is 30.6 Å². The molecule has 4 aromatic heterocycles. The molecular formula is C62H75N7O10Si2. The van der Waals surface area contributed by atoms with Crippen molar-refractivity contribution in [3.05, 3.63) is 124 Å². The number of aryl methyl sites for hydroxylation is 4. The van der Waals surface area contributed by atoms with Gasteiger partial charge in [-0.3, -0.25) is 0 Å². The number of fused-ring (bicyclic) bond motifs is 9. The number of hydrogen-bond donors (Lipinski definition) is 5. The maximum atomic E-state index is 13.3. The van der Waals surface area contributed by atoms with E-state index in [0.717, 1.165) is 100 Å². The topological polar surface area (TPSA) is 216 Å². The Morgan fingerprint density at radius 2 is 0.840 bits per heavy atom. The molecule has 3 aromatic carbocycles. The highest BCUT2D eigenvalue weighted by Crippen LogP contribution is 2.41. The summed E-state index contributed by atoms with van der Waals surface area (Å²) in [6.07, 6.45) is 4.11. The number of carbonyl (C=O) groups is 2. The SMILES string of the molecule is CCO[Si](CCCNC(=O)Oc1cc(C)c(-c2c3nc(c4ccc([nH]4)c(-c4c(C)cc(OC(=O)NCCC[Si](OCC)(OCC)OCC)cc4C)c4ccc([nH]4)c(-c4ccc(C#N)cc4)c4ccc2[nH]4)C=C3)c(C)c1)(OCC)OCC. The van der Waals surface area contributed by atoms with Gasteiger partial charge in [0.2, 0.25) is 0 Å². The van der Waals surface area contributed by atoms with Crippen LogP contribution in [0.4, 0.5) is 9.59 Å². The van der Waals surface area contributed by atoms with E-state index >= 15 is 0 Å². The number of hydrogen-bond acceptors (Lipinski definition) is 12. The summed E-state index contributed by atoms with van der Waals surface area (Å²) in [6, 6.07) is 30.9. The molecular weight excluding hydrogens is 1060 g/mol. The molecule has 0 spiro atoms. The van der Waals surface area contributed by atoms with Crippen molar-refractivity contribution in [2.24, 2.45) is 0 Å². The van der Waals surface area contributed by atoms with Gasteiger partial charge in [0.05, 0.1) is 28.5 Å². The lowest BCUT2D eigenvalue weighted by molar-refractivity contribution is 0.0700. The summed E-state index contributed by atoms with van der Waals surface area (Å²) in [6.45, 7) is 23.2. The van der Waals surface area contributed by atoms with E-state index < -0.39 is 29.8 Å². The standard InChI is InChI=1S/C62H75N7O10Si2/c1-11-72-80(73-12-2,74-13-3)33-17-31-64-61(70)78-46-35-40(7)56(41(8)36-46)59-52-25-23-48(66-52)49-24-26-53(67-49)60(55-30-28-51(69-55)58(50-27-29-54(59)68-50)45-21-19-44(39-63)20-22-45)57-42(9)37-47(38-43(57)10)79-62(71)65-32-18-34-81(75-14-4,76-15-5)77-16-6/h19-30,35-38,66,68-69H,11-18,31-34H2,1-10H3,(H,64,70)(H,65,71). The molecule has 0 fully saturated rings. The lowest BCUT2D eigenvalue weighted by atomic mass is 9.94. The van der Waals surface area contributed by atoms with Gasteiger partial charge in [0.15, 0.2) is 0 Å². The molecule has 0 atom stereocenters. The van der Waals surface area contributed by atoms with Gasteiger partial charge in [-0.15, -0.1) is 0 Å². The van der Waals surface area contributed by atoms with Crippen LogP contribution in [0.3, 0.4) is 0 Å². The first-order valence-electron chi connectivity index (χ1n) is 28.0. The van der Waals surface area contributed by atoms with E-state index in [1.54, 1.807) is 0 Å². The summed E-state index contributed by atoms with van der Waals surface area (Å²) in [4.78, 5) is 43.2. The first-order chi connectivity index (χ1) is 39.2. The molecule has 0 saturated carbocycles. The van der Waals surface area contributed by atoms with E-state index in [1.165, 1.54) is 0 Å². The summed E-state index contributed by atoms with van der Waals surface area (Å²) in [5.74, 6) is 0.822. The normalized spacial score (nSPS) is 12.0. The molecule has 8 rings (SSSR count). The first-order valence-corrected chi connectivity index (χ1v) is 31.9. The Balaban J connectivity index is 1.17.